The van der Waals surface area contributed by atoms with Crippen LogP contribution >= 0.6 is 0 Å². The van der Waals surface area contributed by atoms with Crippen LogP contribution < -0.4 is 10.6 Å². The van der Waals surface area contributed by atoms with Crippen LogP contribution in [0.2, 0.25) is 0 Å². The lowest BCUT2D eigenvalue weighted by molar-refractivity contribution is 0.574. The summed E-state index contributed by atoms with van der Waals surface area (Å²) in [6, 6.07) is 4.37. The first-order chi connectivity index (χ1) is 7.90. The molecule has 1 aromatic rings. The molecule has 2 rings (SSSR count). The first-order valence-corrected chi connectivity index (χ1v) is 5.59. The zero-order valence-electron chi connectivity index (χ0n) is 9.11. The molecule has 0 saturated carbocycles. The van der Waals surface area contributed by atoms with Gasteiger partial charge in [0, 0.05) is 12.6 Å². The number of nitrogens with one attached hydrogen (secondary N) is 2. The van der Waals surface area contributed by atoms with Gasteiger partial charge in [0.05, 0.1) is 11.8 Å². The lowest BCUT2D eigenvalue weighted by Crippen LogP contribution is -2.24. The molecule has 0 radical (unpaired) electrons. The van der Waals surface area contributed by atoms with Crippen LogP contribution in [0.15, 0.2) is 12.3 Å². The summed E-state index contributed by atoms with van der Waals surface area (Å²) >= 11 is 0. The van der Waals surface area contributed by atoms with E-state index in [0.717, 1.165) is 19.5 Å². The Labute approximate surface area is 94.9 Å². The largest absolute Gasteiger partial charge is 0.367 e. The van der Waals surface area contributed by atoms with Gasteiger partial charge in [-0.3, -0.25) is 0 Å². The fourth-order valence-corrected chi connectivity index (χ4v) is 1.92. The van der Waals surface area contributed by atoms with Crippen LogP contribution in [0.4, 0.5) is 5.82 Å². The molecule has 1 aliphatic rings. The van der Waals surface area contributed by atoms with E-state index in [0.29, 0.717) is 17.4 Å². The smallest absolute Gasteiger partial charge is 0.166 e. The molecule has 1 aromatic heterocycles. The maximum Gasteiger partial charge on any atom is 0.166 e. The molecule has 1 saturated heterocycles. The Kier molecular flexibility index (Phi) is 3.67. The highest BCUT2D eigenvalue weighted by Crippen LogP contribution is 2.11. The van der Waals surface area contributed by atoms with Gasteiger partial charge in [0.2, 0.25) is 0 Å². The molecule has 5 nitrogen and oxygen atoms in total. The van der Waals surface area contributed by atoms with Crippen molar-refractivity contribution in [2.45, 2.75) is 25.3 Å². The van der Waals surface area contributed by atoms with Gasteiger partial charge >= 0.3 is 0 Å². The lowest BCUT2D eigenvalue weighted by Gasteiger charge is -2.11. The van der Waals surface area contributed by atoms with Gasteiger partial charge < -0.3 is 10.6 Å². The van der Waals surface area contributed by atoms with E-state index in [1.807, 2.05) is 0 Å². The summed E-state index contributed by atoms with van der Waals surface area (Å²) in [6.45, 7) is 1.95. The van der Waals surface area contributed by atoms with Gasteiger partial charge in [-0.25, -0.2) is 0 Å². The van der Waals surface area contributed by atoms with Crippen molar-refractivity contribution < 1.29 is 0 Å². The van der Waals surface area contributed by atoms with E-state index in [2.05, 4.69) is 26.9 Å². The van der Waals surface area contributed by atoms with Crippen LogP contribution in [-0.2, 0) is 0 Å². The monoisotopic (exact) mass is 217 g/mol. The van der Waals surface area contributed by atoms with E-state index in [9.17, 15) is 0 Å². The van der Waals surface area contributed by atoms with E-state index >= 15 is 0 Å². The number of hydrogen-bond acceptors (Lipinski definition) is 5. The second-order valence-electron chi connectivity index (χ2n) is 3.91. The summed E-state index contributed by atoms with van der Waals surface area (Å²) in [4.78, 5) is 0. The van der Waals surface area contributed by atoms with E-state index in [4.69, 9.17) is 5.26 Å². The number of rotatable bonds is 4. The fraction of sp³-hybridized carbons (Fsp3) is 0.545. The first kappa shape index (κ1) is 10.8. The summed E-state index contributed by atoms with van der Waals surface area (Å²) in [7, 11) is 0. The van der Waals surface area contributed by atoms with Gasteiger partial charge in [-0.15, -0.1) is 5.10 Å². The Morgan fingerprint density at radius 3 is 3.31 bits per heavy atom. The van der Waals surface area contributed by atoms with E-state index in [1.165, 1.54) is 19.0 Å². The van der Waals surface area contributed by atoms with Gasteiger partial charge in [-0.1, -0.05) is 0 Å². The van der Waals surface area contributed by atoms with Crippen molar-refractivity contribution in [2.24, 2.45) is 0 Å². The number of hydrogen-bond donors (Lipinski definition) is 2. The minimum Gasteiger partial charge on any atom is -0.367 e. The maximum absolute atomic E-state index is 8.86. The SMILES string of the molecule is N#Cc1ccnnc1NCC[C@@H]1CCCN1. The van der Waals surface area contributed by atoms with E-state index < -0.39 is 0 Å². The third-order valence-corrected chi connectivity index (χ3v) is 2.79. The standard InChI is InChI=1S/C11H15N5/c12-8-9-3-7-15-16-11(9)14-6-4-10-2-1-5-13-10/h3,7,10,13H,1-2,4-6H2,(H,14,16)/t10-/m0/s1. The van der Waals surface area contributed by atoms with Crippen LogP contribution in [0.1, 0.15) is 24.8 Å². The molecular formula is C11H15N5. The fourth-order valence-electron chi connectivity index (χ4n) is 1.92. The van der Waals surface area contributed by atoms with E-state index in [-0.39, 0.29) is 0 Å². The Balaban J connectivity index is 1.82. The molecule has 0 bridgehead atoms. The summed E-state index contributed by atoms with van der Waals surface area (Å²) < 4.78 is 0. The third kappa shape index (κ3) is 2.67. The summed E-state index contributed by atoms with van der Waals surface area (Å²) in [6.07, 6.45) is 5.09. The average Bonchev–Trinajstić information content (AvgIpc) is 2.83. The van der Waals surface area contributed by atoms with E-state index in [1.54, 1.807) is 6.07 Å². The van der Waals surface area contributed by atoms with Crippen LogP contribution in [0.25, 0.3) is 0 Å². The Morgan fingerprint density at radius 2 is 2.56 bits per heavy atom. The average molecular weight is 217 g/mol. The molecule has 0 aliphatic carbocycles. The quantitative estimate of drug-likeness (QED) is 0.784. The zero-order valence-corrected chi connectivity index (χ0v) is 9.11. The molecule has 0 amide bonds. The minimum atomic E-state index is 0.550. The van der Waals surface area contributed by atoms with Gasteiger partial charge in [0.1, 0.15) is 6.07 Å². The van der Waals surface area contributed by atoms with Crippen molar-refractivity contribution in [3.8, 4) is 6.07 Å². The number of nitrogens with zero attached hydrogens (tertiary/aromatic N) is 3. The lowest BCUT2D eigenvalue weighted by atomic mass is 10.1. The molecule has 0 aromatic carbocycles. The van der Waals surface area contributed by atoms with Crippen LogP contribution in [0, 0.1) is 11.3 Å². The molecule has 0 unspecified atom stereocenters. The summed E-state index contributed by atoms with van der Waals surface area (Å²) in [5, 5.41) is 23.1. The topological polar surface area (TPSA) is 73.6 Å². The van der Waals surface area contributed by atoms with Crippen molar-refractivity contribution in [3.05, 3.63) is 17.8 Å². The van der Waals surface area contributed by atoms with Crippen LogP contribution in [-0.4, -0.2) is 29.3 Å². The second kappa shape index (κ2) is 5.42. The highest BCUT2D eigenvalue weighted by Gasteiger charge is 2.13. The first-order valence-electron chi connectivity index (χ1n) is 5.59. The predicted octanol–water partition coefficient (Wildman–Crippen LogP) is 0.902. The van der Waals surface area contributed by atoms with Crippen molar-refractivity contribution >= 4 is 5.82 Å². The number of aromatic nitrogens is 2. The summed E-state index contributed by atoms with van der Waals surface area (Å²) in [5.74, 6) is 0.586. The van der Waals surface area contributed by atoms with Crippen molar-refractivity contribution in [1.29, 1.82) is 5.26 Å². The van der Waals surface area contributed by atoms with Gasteiger partial charge in [0.25, 0.3) is 0 Å². The van der Waals surface area contributed by atoms with Gasteiger partial charge in [-0.05, 0) is 31.9 Å². The van der Waals surface area contributed by atoms with Crippen LogP contribution in [0.5, 0.6) is 0 Å². The molecule has 1 fully saturated rings. The van der Waals surface area contributed by atoms with Gasteiger partial charge in [0.15, 0.2) is 5.82 Å². The Morgan fingerprint density at radius 1 is 1.62 bits per heavy atom. The number of anilines is 1. The minimum absolute atomic E-state index is 0.550. The molecule has 0 spiro atoms. The Hall–Kier alpha value is -1.67. The van der Waals surface area contributed by atoms with Crippen molar-refractivity contribution in [2.75, 3.05) is 18.4 Å². The van der Waals surface area contributed by atoms with Gasteiger partial charge in [-0.2, -0.15) is 10.4 Å². The highest BCUT2D eigenvalue weighted by atomic mass is 15.2. The van der Waals surface area contributed by atoms with Crippen LogP contribution in [0.3, 0.4) is 0 Å². The molecule has 2 heterocycles. The molecule has 5 heteroatoms. The predicted molar refractivity (Wildman–Crippen MR) is 60.9 cm³/mol. The highest BCUT2D eigenvalue weighted by molar-refractivity contribution is 5.49. The maximum atomic E-state index is 8.86. The zero-order chi connectivity index (χ0) is 11.2. The molecule has 2 N–H and O–H groups in total. The molecule has 84 valence electrons. The van der Waals surface area contributed by atoms with Crippen molar-refractivity contribution in [3.63, 3.8) is 0 Å². The third-order valence-electron chi connectivity index (χ3n) is 2.79. The molecular weight excluding hydrogens is 202 g/mol. The summed E-state index contributed by atoms with van der Waals surface area (Å²) in [5.41, 5.74) is 0.550. The Bertz CT molecular complexity index is 378. The second-order valence-corrected chi connectivity index (χ2v) is 3.91. The number of nitriles is 1. The molecule has 16 heavy (non-hydrogen) atoms. The molecule has 1 aliphatic heterocycles. The normalized spacial score (nSPS) is 19.3. The van der Waals surface area contributed by atoms with Crippen molar-refractivity contribution in [1.82, 2.24) is 15.5 Å². The molecule has 1 atom stereocenters.